The Hall–Kier alpha value is -4.28. The molecule has 2 amide bonds. The zero-order chi connectivity index (χ0) is 24.5. The van der Waals surface area contributed by atoms with Crippen LogP contribution in [-0.4, -0.2) is 45.5 Å². The average molecular weight is 478 g/mol. The first-order valence-corrected chi connectivity index (χ1v) is 11.3. The van der Waals surface area contributed by atoms with Gasteiger partial charge in [-0.2, -0.15) is 9.61 Å². The van der Waals surface area contributed by atoms with Crippen LogP contribution < -0.4 is 16.0 Å². The van der Waals surface area contributed by atoms with E-state index < -0.39 is 17.7 Å². The van der Waals surface area contributed by atoms with Crippen LogP contribution in [0.15, 0.2) is 36.0 Å². The monoisotopic (exact) mass is 478 g/mol. The highest BCUT2D eigenvalue weighted by Gasteiger charge is 2.25. The van der Waals surface area contributed by atoms with Gasteiger partial charge in [0.2, 0.25) is 5.91 Å². The predicted molar refractivity (Wildman–Crippen MR) is 126 cm³/mol. The van der Waals surface area contributed by atoms with Gasteiger partial charge in [0.25, 0.3) is 5.91 Å². The molecule has 0 radical (unpaired) electrons. The van der Waals surface area contributed by atoms with Crippen molar-refractivity contribution in [3.05, 3.63) is 53.0 Å². The van der Waals surface area contributed by atoms with Crippen molar-refractivity contribution >= 4 is 46.8 Å². The summed E-state index contributed by atoms with van der Waals surface area (Å²) in [5.74, 6) is -0.399. The summed E-state index contributed by atoms with van der Waals surface area (Å²) in [6, 6.07) is 5.58. The fraction of sp³-hybridized carbons (Fsp3) is 0.292. The van der Waals surface area contributed by atoms with Gasteiger partial charge < -0.3 is 15.4 Å². The molecule has 1 aliphatic carbocycles. The van der Waals surface area contributed by atoms with Crippen LogP contribution >= 0.6 is 0 Å². The smallest absolute Gasteiger partial charge is 0.338 e. The number of ether oxygens (including phenoxy) is 1. The first-order chi connectivity index (χ1) is 16.9. The molecule has 0 atom stereocenters. The number of benzene rings is 1. The highest BCUT2D eigenvalue weighted by atomic mass is 19.1. The number of rotatable bonds is 8. The van der Waals surface area contributed by atoms with E-state index in [1.54, 1.807) is 29.8 Å². The second kappa shape index (κ2) is 9.16. The molecule has 2 fully saturated rings. The van der Waals surface area contributed by atoms with Crippen molar-refractivity contribution in [2.45, 2.75) is 26.2 Å². The van der Waals surface area contributed by atoms with Crippen molar-refractivity contribution in [1.82, 2.24) is 19.9 Å². The van der Waals surface area contributed by atoms with Crippen molar-refractivity contribution in [1.29, 1.82) is 0 Å². The minimum absolute atomic E-state index is 0.0131. The van der Waals surface area contributed by atoms with E-state index in [4.69, 9.17) is 4.74 Å². The number of carbonyl (C=O) groups is 3. The minimum atomic E-state index is -0.626. The van der Waals surface area contributed by atoms with Crippen molar-refractivity contribution in [3.63, 3.8) is 0 Å². The Bertz CT molecular complexity index is 1380. The van der Waals surface area contributed by atoms with E-state index in [0.717, 1.165) is 25.5 Å². The Kier molecular flexibility index (Phi) is 5.89. The van der Waals surface area contributed by atoms with Crippen LogP contribution in [0.1, 0.15) is 42.1 Å². The fourth-order valence-electron chi connectivity index (χ4n) is 3.79. The Labute approximate surface area is 199 Å². The summed E-state index contributed by atoms with van der Waals surface area (Å²) in [6.45, 7) is 2.61. The Morgan fingerprint density at radius 1 is 1.29 bits per heavy atom. The predicted octanol–water partition coefficient (Wildman–Crippen LogP) is 3.04. The van der Waals surface area contributed by atoms with Gasteiger partial charge in [-0.15, -0.1) is 0 Å². The van der Waals surface area contributed by atoms with Gasteiger partial charge in [-0.05, 0) is 50.0 Å². The summed E-state index contributed by atoms with van der Waals surface area (Å²) in [7, 11) is 0. The third-order valence-corrected chi connectivity index (χ3v) is 5.67. The number of carbonyl (C=O) groups excluding carboxylic acids is 3. The van der Waals surface area contributed by atoms with Crippen molar-refractivity contribution in [2.75, 3.05) is 23.8 Å². The molecule has 0 spiro atoms. The topological polar surface area (TPSA) is 127 Å². The SMILES string of the molecule is CCOC(=O)c1cc(F)cc(Nc2cc(NCC3CC3)n3ncc(/C=C4\CC(=O)NC4=O)c3n2)c1. The highest BCUT2D eigenvalue weighted by molar-refractivity contribution is 6.15. The lowest BCUT2D eigenvalue weighted by Gasteiger charge is -2.13. The largest absolute Gasteiger partial charge is 0.462 e. The molecule has 180 valence electrons. The molecule has 1 aliphatic heterocycles. The van der Waals surface area contributed by atoms with Gasteiger partial charge in [-0.25, -0.2) is 14.2 Å². The second-order valence-electron chi connectivity index (χ2n) is 8.48. The maximum absolute atomic E-state index is 14.2. The van der Waals surface area contributed by atoms with Crippen LogP contribution in [0, 0.1) is 11.7 Å². The van der Waals surface area contributed by atoms with Crippen molar-refractivity contribution in [2.24, 2.45) is 5.92 Å². The quantitative estimate of drug-likeness (QED) is 0.256. The van der Waals surface area contributed by atoms with Gasteiger partial charge in [0, 0.05) is 29.4 Å². The van der Waals surface area contributed by atoms with Gasteiger partial charge in [-0.1, -0.05) is 0 Å². The van der Waals surface area contributed by atoms with Crippen LogP contribution in [0.2, 0.25) is 0 Å². The number of halogens is 1. The zero-order valence-corrected chi connectivity index (χ0v) is 18.9. The van der Waals surface area contributed by atoms with Crippen LogP contribution in [-0.2, 0) is 14.3 Å². The summed E-state index contributed by atoms with van der Waals surface area (Å²) < 4.78 is 20.8. The van der Waals surface area contributed by atoms with Crippen LogP contribution in [0.25, 0.3) is 11.7 Å². The van der Waals surface area contributed by atoms with E-state index >= 15 is 0 Å². The molecule has 0 unspecified atom stereocenters. The van der Waals surface area contributed by atoms with Crippen LogP contribution in [0.5, 0.6) is 0 Å². The summed E-state index contributed by atoms with van der Waals surface area (Å²) in [5.41, 5.74) is 1.71. The van der Waals surface area contributed by atoms with Gasteiger partial charge in [-0.3, -0.25) is 14.9 Å². The standard InChI is InChI=1S/C24H23FN6O4/c1-2-35-24(34)15-6-17(25)9-18(7-15)28-19-10-20(26-11-13-3-4-13)31-22(29-19)16(12-27-31)5-14-8-21(32)30-23(14)33/h5-7,9-10,12-13,26H,2-4,8,11H2,1H3,(H,28,29)(H,30,32,33)/b14-5+. The first kappa shape index (κ1) is 22.5. The third kappa shape index (κ3) is 4.98. The molecule has 1 saturated heterocycles. The second-order valence-corrected chi connectivity index (χ2v) is 8.48. The minimum Gasteiger partial charge on any atom is -0.462 e. The number of anilines is 3. The lowest BCUT2D eigenvalue weighted by molar-refractivity contribution is -0.124. The van der Waals surface area contributed by atoms with Gasteiger partial charge in [0.05, 0.1) is 24.8 Å². The van der Waals surface area contributed by atoms with Gasteiger partial charge in [0.1, 0.15) is 17.5 Å². The zero-order valence-electron chi connectivity index (χ0n) is 18.9. The molecule has 2 aliphatic rings. The number of fused-ring (bicyclic) bond motifs is 1. The number of hydrogen-bond donors (Lipinski definition) is 3. The molecule has 35 heavy (non-hydrogen) atoms. The van der Waals surface area contributed by atoms with Gasteiger partial charge in [0.15, 0.2) is 5.65 Å². The molecule has 2 aromatic heterocycles. The number of hydrogen-bond acceptors (Lipinski definition) is 8. The Morgan fingerprint density at radius 3 is 2.83 bits per heavy atom. The summed E-state index contributed by atoms with van der Waals surface area (Å²) in [4.78, 5) is 40.3. The van der Waals surface area contributed by atoms with E-state index in [9.17, 15) is 18.8 Å². The van der Waals surface area contributed by atoms with E-state index in [2.05, 4.69) is 26.0 Å². The molecule has 11 heteroatoms. The summed E-state index contributed by atoms with van der Waals surface area (Å²) >= 11 is 0. The Balaban J connectivity index is 1.52. The molecule has 1 saturated carbocycles. The van der Waals surface area contributed by atoms with Crippen molar-refractivity contribution < 1.29 is 23.5 Å². The first-order valence-electron chi connectivity index (χ1n) is 11.3. The van der Waals surface area contributed by atoms with Crippen molar-refractivity contribution in [3.8, 4) is 0 Å². The van der Waals surface area contributed by atoms with E-state index in [1.807, 2.05) is 0 Å². The fourth-order valence-corrected chi connectivity index (χ4v) is 3.79. The van der Waals surface area contributed by atoms with E-state index in [1.165, 1.54) is 12.1 Å². The normalized spacial score (nSPS) is 16.6. The lowest BCUT2D eigenvalue weighted by Crippen LogP contribution is -2.19. The molecular weight excluding hydrogens is 455 g/mol. The molecule has 3 heterocycles. The number of nitrogens with zero attached hydrogens (tertiary/aromatic N) is 3. The maximum atomic E-state index is 14.2. The van der Waals surface area contributed by atoms with E-state index in [-0.39, 0.29) is 24.5 Å². The third-order valence-electron chi connectivity index (χ3n) is 5.67. The van der Waals surface area contributed by atoms with E-state index in [0.29, 0.717) is 40.0 Å². The summed E-state index contributed by atoms with van der Waals surface area (Å²) in [6.07, 6.45) is 5.46. The molecule has 3 N–H and O–H groups in total. The highest BCUT2D eigenvalue weighted by Crippen LogP contribution is 2.30. The average Bonchev–Trinajstić information content (AvgIpc) is 3.48. The summed E-state index contributed by atoms with van der Waals surface area (Å²) in [5, 5.41) is 13.1. The number of esters is 1. The van der Waals surface area contributed by atoms with Crippen LogP contribution in [0.4, 0.5) is 21.7 Å². The van der Waals surface area contributed by atoms with Crippen LogP contribution in [0.3, 0.4) is 0 Å². The molecule has 5 rings (SSSR count). The number of nitrogens with one attached hydrogen (secondary N) is 3. The lowest BCUT2D eigenvalue weighted by atomic mass is 10.1. The molecule has 0 bridgehead atoms. The molecule has 1 aromatic carbocycles. The molecule has 10 nitrogen and oxygen atoms in total. The maximum Gasteiger partial charge on any atom is 0.338 e. The molecular formula is C24H23FN6O4. The number of amides is 2. The number of aromatic nitrogens is 3. The Morgan fingerprint density at radius 2 is 2.11 bits per heavy atom. The van der Waals surface area contributed by atoms with Gasteiger partial charge >= 0.3 is 5.97 Å². The number of imide groups is 1. The molecule has 3 aromatic rings.